The monoisotopic (exact) mass is 272 g/mol. The molecule has 0 unspecified atom stereocenters. The summed E-state index contributed by atoms with van der Waals surface area (Å²) in [5, 5.41) is 13.0. The van der Waals surface area contributed by atoms with Crippen molar-refractivity contribution in [3.8, 4) is 0 Å². The molecule has 0 spiro atoms. The minimum absolute atomic E-state index is 0.244. The van der Waals surface area contributed by atoms with Crippen LogP contribution in [-0.4, -0.2) is 21.1 Å². The Hall–Kier alpha value is -2.21. The molecule has 1 aromatic carbocycles. The fourth-order valence-corrected chi connectivity index (χ4v) is 2.55. The highest BCUT2D eigenvalue weighted by molar-refractivity contribution is 7.13. The summed E-state index contributed by atoms with van der Waals surface area (Å²) in [7, 11) is 0. The summed E-state index contributed by atoms with van der Waals surface area (Å²) in [4.78, 5) is 16.4. The van der Waals surface area contributed by atoms with Gasteiger partial charge in [0.25, 0.3) is 5.91 Å². The van der Waals surface area contributed by atoms with Gasteiger partial charge in [-0.05, 0) is 26.0 Å². The maximum absolute atomic E-state index is 12.2. The van der Waals surface area contributed by atoms with Crippen molar-refractivity contribution in [2.75, 3.05) is 5.32 Å². The molecule has 5 nitrogen and oxygen atoms in total. The molecule has 0 bridgehead atoms. The molecule has 96 valence electrons. The van der Waals surface area contributed by atoms with Gasteiger partial charge in [-0.25, -0.2) is 4.98 Å². The number of fused-ring (bicyclic) bond motifs is 1. The molecular weight excluding hydrogens is 260 g/mol. The van der Waals surface area contributed by atoms with Gasteiger partial charge in [0.2, 0.25) is 0 Å². The number of amides is 1. The third-order valence-electron chi connectivity index (χ3n) is 2.77. The van der Waals surface area contributed by atoms with E-state index in [2.05, 4.69) is 20.5 Å². The smallest absolute Gasteiger partial charge is 0.278 e. The lowest BCUT2D eigenvalue weighted by atomic mass is 10.1. The van der Waals surface area contributed by atoms with Crippen LogP contribution in [0, 0.1) is 13.8 Å². The van der Waals surface area contributed by atoms with E-state index < -0.39 is 0 Å². The second-order valence-electron chi connectivity index (χ2n) is 4.37. The van der Waals surface area contributed by atoms with E-state index in [1.807, 2.05) is 37.4 Å². The third-order valence-corrected chi connectivity index (χ3v) is 3.65. The van der Waals surface area contributed by atoms with E-state index in [0.717, 1.165) is 22.2 Å². The maximum atomic E-state index is 12.2. The standard InChI is InChI=1S/C13H12N4OS/c1-7-3-4-10-9(5-7)11(17-16-10)12(18)15-13-14-8(2)6-19-13/h3-6H,1-2H3,(H,16,17)(H,14,15,18). The summed E-state index contributed by atoms with van der Waals surface area (Å²) in [6.07, 6.45) is 0. The van der Waals surface area contributed by atoms with Crippen LogP contribution in [-0.2, 0) is 0 Å². The number of rotatable bonds is 2. The lowest BCUT2D eigenvalue weighted by Crippen LogP contribution is -2.12. The SMILES string of the molecule is Cc1ccc2[nH]nc(C(=O)Nc3nc(C)cs3)c2c1. The molecule has 6 heteroatoms. The van der Waals surface area contributed by atoms with Crippen LogP contribution < -0.4 is 5.32 Å². The number of thiazole rings is 1. The van der Waals surface area contributed by atoms with Crippen LogP contribution in [0.5, 0.6) is 0 Å². The van der Waals surface area contributed by atoms with Crippen LogP contribution in [0.25, 0.3) is 10.9 Å². The number of nitrogens with one attached hydrogen (secondary N) is 2. The van der Waals surface area contributed by atoms with Gasteiger partial charge in [0.1, 0.15) is 0 Å². The molecule has 2 N–H and O–H groups in total. The highest BCUT2D eigenvalue weighted by Gasteiger charge is 2.15. The molecule has 0 aliphatic carbocycles. The average molecular weight is 272 g/mol. The summed E-state index contributed by atoms with van der Waals surface area (Å²) in [5.74, 6) is -0.244. The number of H-pyrrole nitrogens is 1. The molecule has 3 rings (SSSR count). The number of carbonyl (C=O) groups is 1. The zero-order chi connectivity index (χ0) is 13.4. The second-order valence-corrected chi connectivity index (χ2v) is 5.23. The first-order chi connectivity index (χ1) is 9.13. The molecule has 0 aliphatic rings. The van der Waals surface area contributed by atoms with Gasteiger partial charge in [-0.3, -0.25) is 15.2 Å². The van der Waals surface area contributed by atoms with Gasteiger partial charge in [-0.2, -0.15) is 5.10 Å². The first-order valence-corrected chi connectivity index (χ1v) is 6.69. The molecule has 0 radical (unpaired) electrons. The molecule has 0 fully saturated rings. The quantitative estimate of drug-likeness (QED) is 0.753. The van der Waals surface area contributed by atoms with Crippen molar-refractivity contribution in [1.29, 1.82) is 0 Å². The fourth-order valence-electron chi connectivity index (χ4n) is 1.87. The van der Waals surface area contributed by atoms with Crippen molar-refractivity contribution >= 4 is 33.3 Å². The van der Waals surface area contributed by atoms with Crippen molar-refractivity contribution in [3.63, 3.8) is 0 Å². The van der Waals surface area contributed by atoms with Gasteiger partial charge in [0.15, 0.2) is 10.8 Å². The Morgan fingerprint density at radius 1 is 1.37 bits per heavy atom. The Balaban J connectivity index is 1.95. The van der Waals surface area contributed by atoms with E-state index in [1.165, 1.54) is 11.3 Å². The Morgan fingerprint density at radius 2 is 2.21 bits per heavy atom. The number of aryl methyl sites for hydroxylation is 2. The third kappa shape index (κ3) is 2.22. The molecular formula is C13H12N4OS. The van der Waals surface area contributed by atoms with Crippen molar-refractivity contribution < 1.29 is 4.79 Å². The van der Waals surface area contributed by atoms with Crippen LogP contribution in [0.2, 0.25) is 0 Å². The number of hydrogen-bond donors (Lipinski definition) is 2. The van der Waals surface area contributed by atoms with Crippen LogP contribution in [0.4, 0.5) is 5.13 Å². The van der Waals surface area contributed by atoms with Crippen LogP contribution in [0.15, 0.2) is 23.6 Å². The Kier molecular flexibility index (Phi) is 2.79. The topological polar surface area (TPSA) is 70.7 Å². The van der Waals surface area contributed by atoms with E-state index in [-0.39, 0.29) is 5.91 Å². The molecule has 0 aliphatic heterocycles. The molecule has 2 aromatic heterocycles. The number of hydrogen-bond acceptors (Lipinski definition) is 4. The Bertz CT molecular complexity index is 759. The van der Waals surface area contributed by atoms with Crippen LogP contribution in [0.1, 0.15) is 21.7 Å². The number of nitrogens with zero attached hydrogens (tertiary/aromatic N) is 2. The van der Waals surface area contributed by atoms with E-state index in [9.17, 15) is 4.79 Å². The lowest BCUT2D eigenvalue weighted by Gasteiger charge is -1.99. The number of carbonyl (C=O) groups excluding carboxylic acids is 1. The van der Waals surface area contributed by atoms with Crippen molar-refractivity contribution in [1.82, 2.24) is 15.2 Å². The summed E-state index contributed by atoms with van der Waals surface area (Å²) in [6.45, 7) is 3.87. The van der Waals surface area contributed by atoms with E-state index in [1.54, 1.807) is 0 Å². The summed E-state index contributed by atoms with van der Waals surface area (Å²) in [5.41, 5.74) is 3.23. The zero-order valence-electron chi connectivity index (χ0n) is 10.5. The highest BCUT2D eigenvalue weighted by Crippen LogP contribution is 2.20. The predicted octanol–water partition coefficient (Wildman–Crippen LogP) is 2.89. The summed E-state index contributed by atoms with van der Waals surface area (Å²) >= 11 is 1.40. The van der Waals surface area contributed by atoms with Gasteiger partial charge in [0, 0.05) is 10.8 Å². The summed E-state index contributed by atoms with van der Waals surface area (Å²) in [6, 6.07) is 5.84. The summed E-state index contributed by atoms with van der Waals surface area (Å²) < 4.78 is 0. The van der Waals surface area contributed by atoms with Crippen molar-refractivity contribution in [3.05, 3.63) is 40.5 Å². The minimum Gasteiger partial charge on any atom is -0.296 e. The highest BCUT2D eigenvalue weighted by atomic mass is 32.1. The largest absolute Gasteiger partial charge is 0.296 e. The average Bonchev–Trinajstić information content (AvgIpc) is 2.95. The molecule has 19 heavy (non-hydrogen) atoms. The van der Waals surface area contributed by atoms with E-state index >= 15 is 0 Å². The maximum Gasteiger partial charge on any atom is 0.278 e. The number of anilines is 1. The lowest BCUT2D eigenvalue weighted by molar-refractivity contribution is 0.102. The van der Waals surface area contributed by atoms with Crippen LogP contribution >= 0.6 is 11.3 Å². The number of aromatic nitrogens is 3. The van der Waals surface area contributed by atoms with Gasteiger partial charge in [-0.15, -0.1) is 11.3 Å². The van der Waals surface area contributed by atoms with Crippen molar-refractivity contribution in [2.24, 2.45) is 0 Å². The van der Waals surface area contributed by atoms with Crippen LogP contribution in [0.3, 0.4) is 0 Å². The van der Waals surface area contributed by atoms with Gasteiger partial charge < -0.3 is 0 Å². The molecule has 3 aromatic rings. The zero-order valence-corrected chi connectivity index (χ0v) is 11.3. The first kappa shape index (κ1) is 11.9. The Labute approximate surface area is 113 Å². The number of aromatic amines is 1. The predicted molar refractivity (Wildman–Crippen MR) is 75.6 cm³/mol. The van der Waals surface area contributed by atoms with E-state index in [0.29, 0.717) is 10.8 Å². The van der Waals surface area contributed by atoms with Gasteiger partial charge in [-0.1, -0.05) is 11.6 Å². The first-order valence-electron chi connectivity index (χ1n) is 5.82. The molecule has 0 atom stereocenters. The normalized spacial score (nSPS) is 10.8. The second kappa shape index (κ2) is 4.47. The fraction of sp³-hybridized carbons (Fsp3) is 0.154. The molecule has 0 saturated carbocycles. The van der Waals surface area contributed by atoms with Gasteiger partial charge >= 0.3 is 0 Å². The van der Waals surface area contributed by atoms with Gasteiger partial charge in [0.05, 0.1) is 11.2 Å². The Morgan fingerprint density at radius 3 is 2.95 bits per heavy atom. The minimum atomic E-state index is -0.244. The van der Waals surface area contributed by atoms with E-state index in [4.69, 9.17) is 0 Å². The molecule has 0 saturated heterocycles. The van der Waals surface area contributed by atoms with Crippen molar-refractivity contribution in [2.45, 2.75) is 13.8 Å². The number of benzene rings is 1. The molecule has 1 amide bonds. The molecule has 2 heterocycles.